The van der Waals surface area contributed by atoms with Gasteiger partial charge in [0.05, 0.1) is 18.1 Å². The molecule has 0 aliphatic carbocycles. The van der Waals surface area contributed by atoms with Crippen LogP contribution in [0.4, 0.5) is 0 Å². The van der Waals surface area contributed by atoms with Crippen LogP contribution in [0.5, 0.6) is 0 Å². The molecule has 8 nitrogen and oxygen atoms in total. The molecule has 0 fully saturated rings. The van der Waals surface area contributed by atoms with Gasteiger partial charge in [0.25, 0.3) is 0 Å². The predicted molar refractivity (Wildman–Crippen MR) is 150 cm³/mol. The molecule has 0 aromatic rings. The number of rotatable bonds is 23. The lowest BCUT2D eigenvalue weighted by atomic mass is 9.92. The molecule has 37 heavy (non-hydrogen) atoms. The number of terminal acetylenes is 1. The number of carbonyl (C=O) groups is 4. The highest BCUT2D eigenvalue weighted by atomic mass is 16.2. The van der Waals surface area contributed by atoms with E-state index in [0.29, 0.717) is 31.8 Å². The van der Waals surface area contributed by atoms with E-state index in [-0.39, 0.29) is 30.4 Å². The molecule has 0 saturated heterocycles. The predicted octanol–water partition coefficient (Wildman–Crippen LogP) is 3.14. The van der Waals surface area contributed by atoms with Crippen molar-refractivity contribution in [1.29, 1.82) is 0 Å². The van der Waals surface area contributed by atoms with Crippen molar-refractivity contribution in [3.63, 3.8) is 0 Å². The van der Waals surface area contributed by atoms with Crippen LogP contribution in [-0.4, -0.2) is 61.6 Å². The fraction of sp³-hybridized carbons (Fsp3) is 0.793. The van der Waals surface area contributed by atoms with Crippen molar-refractivity contribution < 1.29 is 19.2 Å². The Morgan fingerprint density at radius 3 is 1.97 bits per heavy atom. The third-order valence-electron chi connectivity index (χ3n) is 6.33. The van der Waals surface area contributed by atoms with Gasteiger partial charge in [-0.05, 0) is 25.3 Å². The minimum Gasteiger partial charge on any atom is -0.356 e. The minimum absolute atomic E-state index is 0.00145. The van der Waals surface area contributed by atoms with Crippen LogP contribution in [0, 0.1) is 24.2 Å². The number of hydrogen-bond acceptors (Lipinski definition) is 6. The van der Waals surface area contributed by atoms with Crippen LogP contribution >= 0.6 is 0 Å². The fourth-order valence-corrected chi connectivity index (χ4v) is 3.86. The van der Waals surface area contributed by atoms with E-state index in [4.69, 9.17) is 6.42 Å². The van der Waals surface area contributed by atoms with E-state index < -0.39 is 24.0 Å². The topological polar surface area (TPSA) is 116 Å². The van der Waals surface area contributed by atoms with Gasteiger partial charge in [-0.3, -0.25) is 19.7 Å². The largest absolute Gasteiger partial charge is 0.356 e. The van der Waals surface area contributed by atoms with E-state index in [1.54, 1.807) is 6.92 Å². The Labute approximate surface area is 225 Å². The van der Waals surface area contributed by atoms with Crippen LogP contribution in [0.3, 0.4) is 0 Å². The Bertz CT molecular complexity index is 705. The van der Waals surface area contributed by atoms with E-state index >= 15 is 0 Å². The second-order valence-electron chi connectivity index (χ2n) is 10.3. The molecule has 0 heterocycles. The Balaban J connectivity index is 4.95. The lowest BCUT2D eigenvalue weighted by molar-refractivity contribution is -0.129. The number of hydrogen-bond donors (Lipinski definition) is 4. The first kappa shape index (κ1) is 34.8. The maximum absolute atomic E-state index is 13.1. The highest BCUT2D eigenvalue weighted by Gasteiger charge is 2.29. The lowest BCUT2D eigenvalue weighted by Crippen LogP contribution is -2.50. The van der Waals surface area contributed by atoms with Crippen LogP contribution < -0.4 is 21.3 Å². The van der Waals surface area contributed by atoms with Crippen molar-refractivity contribution in [3.8, 4) is 12.3 Å². The minimum atomic E-state index is -0.798. The van der Waals surface area contributed by atoms with Crippen LogP contribution in [0.1, 0.15) is 98.8 Å². The van der Waals surface area contributed by atoms with Gasteiger partial charge in [-0.25, -0.2) is 0 Å². The molecule has 0 bridgehead atoms. The van der Waals surface area contributed by atoms with Crippen molar-refractivity contribution in [2.45, 2.75) is 117 Å². The van der Waals surface area contributed by atoms with Gasteiger partial charge in [-0.15, -0.1) is 6.42 Å². The van der Waals surface area contributed by atoms with E-state index in [1.807, 2.05) is 13.8 Å². The molecule has 4 N–H and O–H groups in total. The van der Waals surface area contributed by atoms with Gasteiger partial charge in [-0.2, -0.15) is 0 Å². The fourth-order valence-electron chi connectivity index (χ4n) is 3.86. The van der Waals surface area contributed by atoms with Gasteiger partial charge >= 0.3 is 0 Å². The molecule has 0 saturated carbocycles. The molecule has 0 aliphatic rings. The van der Waals surface area contributed by atoms with Gasteiger partial charge in [0, 0.05) is 31.8 Å². The van der Waals surface area contributed by atoms with Crippen molar-refractivity contribution in [3.05, 3.63) is 0 Å². The quantitative estimate of drug-likeness (QED) is 0.0934. The number of Topliss-reactive ketones (excluding diaryl/α,β-unsaturated/α-hetero) is 1. The average molecular weight is 521 g/mol. The summed E-state index contributed by atoms with van der Waals surface area (Å²) in [6, 6.07) is -2.18. The van der Waals surface area contributed by atoms with Gasteiger partial charge in [-0.1, -0.05) is 79.1 Å². The highest BCUT2D eigenvalue weighted by molar-refractivity contribution is 5.90. The number of aldehydes is 1. The van der Waals surface area contributed by atoms with Crippen LogP contribution in [-0.2, 0) is 19.2 Å². The molecule has 0 spiro atoms. The summed E-state index contributed by atoms with van der Waals surface area (Å²) < 4.78 is 0. The Morgan fingerprint density at radius 1 is 0.865 bits per heavy atom. The molecule has 212 valence electrons. The van der Waals surface area contributed by atoms with Gasteiger partial charge in [0.2, 0.25) is 11.8 Å². The summed E-state index contributed by atoms with van der Waals surface area (Å²) in [7, 11) is 0. The first-order valence-corrected chi connectivity index (χ1v) is 14.2. The van der Waals surface area contributed by atoms with Crippen molar-refractivity contribution in [2.24, 2.45) is 11.8 Å². The molecule has 0 radical (unpaired) electrons. The Kier molecular flexibility index (Phi) is 20.5. The molecule has 0 aromatic heterocycles. The van der Waals surface area contributed by atoms with Crippen LogP contribution in [0.25, 0.3) is 0 Å². The number of unbranched alkanes of at least 4 members (excludes halogenated alkanes) is 6. The molecule has 4 unspecified atom stereocenters. The molecule has 0 aliphatic heterocycles. The van der Waals surface area contributed by atoms with Crippen LogP contribution in [0.2, 0.25) is 0 Å². The van der Waals surface area contributed by atoms with E-state index in [0.717, 1.165) is 51.4 Å². The summed E-state index contributed by atoms with van der Waals surface area (Å²) >= 11 is 0. The zero-order valence-corrected chi connectivity index (χ0v) is 23.9. The van der Waals surface area contributed by atoms with Crippen LogP contribution in [0.15, 0.2) is 0 Å². The maximum atomic E-state index is 13.1. The second kappa shape index (κ2) is 21.8. The zero-order valence-electron chi connectivity index (χ0n) is 23.9. The smallest absolute Gasteiger partial charge is 0.237 e. The summed E-state index contributed by atoms with van der Waals surface area (Å²) in [5, 5.41) is 12.0. The zero-order chi connectivity index (χ0) is 28.1. The summed E-state index contributed by atoms with van der Waals surface area (Å²) in [6.45, 7) is 11.8. The van der Waals surface area contributed by atoms with Gasteiger partial charge < -0.3 is 20.7 Å². The van der Waals surface area contributed by atoms with Crippen molar-refractivity contribution in [1.82, 2.24) is 21.3 Å². The van der Waals surface area contributed by atoms with Crippen molar-refractivity contribution in [2.75, 3.05) is 19.6 Å². The third-order valence-corrected chi connectivity index (χ3v) is 6.33. The molecule has 2 amide bonds. The summed E-state index contributed by atoms with van der Waals surface area (Å²) in [5.74, 6) is 1.63. The third kappa shape index (κ3) is 17.0. The van der Waals surface area contributed by atoms with Crippen molar-refractivity contribution >= 4 is 23.9 Å². The standard InChI is InChI=1S/C29H52N4O4/c1-7-10-12-14-16-30-28(36)18-24(21-34)33-25(9-3)23(6)27(35)19-26(32-20-22(4)5)29(37)31-17-15-13-11-8-2/h3,21-26,32-33H,7-8,10-20H2,1-2,4-6H3,(H,30,36)(H,31,37). The highest BCUT2D eigenvalue weighted by Crippen LogP contribution is 2.11. The average Bonchev–Trinajstić information content (AvgIpc) is 2.87. The van der Waals surface area contributed by atoms with E-state index in [1.165, 1.54) is 0 Å². The molecule has 0 aromatic carbocycles. The summed E-state index contributed by atoms with van der Waals surface area (Å²) in [4.78, 5) is 49.8. The first-order chi connectivity index (χ1) is 17.7. The SMILES string of the molecule is C#CC(NC(C=O)CC(=O)NCCCCCC)C(C)C(=O)CC(NCC(C)C)C(=O)NCCCCCC. The summed E-state index contributed by atoms with van der Waals surface area (Å²) in [5.41, 5.74) is 0. The van der Waals surface area contributed by atoms with E-state index in [9.17, 15) is 19.2 Å². The second-order valence-corrected chi connectivity index (χ2v) is 10.3. The Morgan fingerprint density at radius 2 is 1.46 bits per heavy atom. The molecular weight excluding hydrogens is 468 g/mol. The number of carbonyl (C=O) groups excluding carboxylic acids is 4. The normalized spacial score (nSPS) is 14.3. The lowest BCUT2D eigenvalue weighted by Gasteiger charge is -2.25. The van der Waals surface area contributed by atoms with Gasteiger partial charge in [0.15, 0.2) is 0 Å². The molecule has 8 heteroatoms. The number of ketones is 1. The molecule has 4 atom stereocenters. The summed E-state index contributed by atoms with van der Waals surface area (Å²) in [6.07, 6.45) is 14.7. The van der Waals surface area contributed by atoms with E-state index in [2.05, 4.69) is 41.0 Å². The molecular formula is C29H52N4O4. The van der Waals surface area contributed by atoms with Gasteiger partial charge in [0.1, 0.15) is 12.1 Å². The number of nitrogens with one attached hydrogen (secondary N) is 4. The number of amides is 2. The maximum Gasteiger partial charge on any atom is 0.237 e. The molecule has 0 rings (SSSR count). The Hall–Kier alpha value is -2.24. The monoisotopic (exact) mass is 520 g/mol. The first-order valence-electron chi connectivity index (χ1n) is 14.2.